The van der Waals surface area contributed by atoms with Gasteiger partial charge in [-0.3, -0.25) is 0 Å². The van der Waals surface area contributed by atoms with Crippen molar-refractivity contribution in [1.82, 2.24) is 0 Å². The zero-order chi connectivity index (χ0) is 7.11. The number of hydrogen-bond donors (Lipinski definition) is 1. The lowest BCUT2D eigenvalue weighted by atomic mass is 10.3. The molecule has 0 atom stereocenters. The first kappa shape index (κ1) is 8.47. The summed E-state index contributed by atoms with van der Waals surface area (Å²) in [4.78, 5) is 0. The minimum absolute atomic E-state index is 0.972. The van der Waals surface area contributed by atoms with E-state index in [1.807, 2.05) is 13.8 Å². The predicted octanol–water partition coefficient (Wildman–Crippen LogP) is 2.42. The van der Waals surface area contributed by atoms with Crippen molar-refractivity contribution < 1.29 is 5.21 Å². The van der Waals surface area contributed by atoms with Gasteiger partial charge in [-0.2, -0.15) is 0 Å². The Morgan fingerprint density at radius 1 is 1.22 bits per heavy atom. The molecule has 0 aliphatic heterocycles. The van der Waals surface area contributed by atoms with E-state index >= 15 is 0 Å². The molecule has 1 rings (SSSR count). The van der Waals surface area contributed by atoms with Crippen LogP contribution in [0.1, 0.15) is 39.5 Å². The third kappa shape index (κ3) is 3.12. The standard InChI is InChI=1S/C5H9NO.C2H6/c7-6-5-3-1-2-4-5;1-2/h7H,1-4H2;1-2H3. The molecule has 0 radical (unpaired) electrons. The normalized spacial score (nSPS) is 16.4. The van der Waals surface area contributed by atoms with Gasteiger partial charge in [0.15, 0.2) is 0 Å². The highest BCUT2D eigenvalue weighted by Gasteiger charge is 2.06. The molecule has 0 bridgehead atoms. The zero-order valence-electron chi connectivity index (χ0n) is 6.22. The van der Waals surface area contributed by atoms with E-state index in [2.05, 4.69) is 5.16 Å². The molecule has 0 aromatic carbocycles. The van der Waals surface area contributed by atoms with Crippen LogP contribution in [-0.2, 0) is 0 Å². The van der Waals surface area contributed by atoms with E-state index in [9.17, 15) is 0 Å². The van der Waals surface area contributed by atoms with Crippen LogP contribution in [0.15, 0.2) is 5.16 Å². The molecule has 54 valence electrons. The Balaban J connectivity index is 0.000000291. The van der Waals surface area contributed by atoms with Crippen LogP contribution in [0.4, 0.5) is 0 Å². The summed E-state index contributed by atoms with van der Waals surface area (Å²) in [6.07, 6.45) is 4.44. The molecule has 1 N–H and O–H groups in total. The van der Waals surface area contributed by atoms with Crippen LogP contribution in [0.25, 0.3) is 0 Å². The summed E-state index contributed by atoms with van der Waals surface area (Å²) in [5.41, 5.74) is 0.972. The monoisotopic (exact) mass is 129 g/mol. The first-order valence-corrected chi connectivity index (χ1v) is 3.63. The van der Waals surface area contributed by atoms with Crippen molar-refractivity contribution in [2.45, 2.75) is 39.5 Å². The molecule has 1 aliphatic carbocycles. The summed E-state index contributed by atoms with van der Waals surface area (Å²) in [6, 6.07) is 0. The van der Waals surface area contributed by atoms with Crippen molar-refractivity contribution in [3.63, 3.8) is 0 Å². The number of oxime groups is 1. The Bertz CT molecular complexity index is 80.9. The fourth-order valence-electron chi connectivity index (χ4n) is 0.883. The molecular formula is C7H15NO. The number of rotatable bonds is 0. The Labute approximate surface area is 56.6 Å². The van der Waals surface area contributed by atoms with Crippen LogP contribution >= 0.6 is 0 Å². The van der Waals surface area contributed by atoms with E-state index in [4.69, 9.17) is 5.21 Å². The van der Waals surface area contributed by atoms with Crippen molar-refractivity contribution in [2.75, 3.05) is 0 Å². The van der Waals surface area contributed by atoms with Gasteiger partial charge in [0.1, 0.15) is 0 Å². The second kappa shape index (κ2) is 5.60. The smallest absolute Gasteiger partial charge is 0.0570 e. The van der Waals surface area contributed by atoms with Crippen molar-refractivity contribution >= 4 is 5.71 Å². The Kier molecular flexibility index (Phi) is 5.27. The topological polar surface area (TPSA) is 32.6 Å². The van der Waals surface area contributed by atoms with Crippen LogP contribution < -0.4 is 0 Å². The van der Waals surface area contributed by atoms with E-state index in [1.165, 1.54) is 12.8 Å². The minimum Gasteiger partial charge on any atom is -0.411 e. The molecule has 0 saturated heterocycles. The maximum Gasteiger partial charge on any atom is 0.0570 e. The summed E-state index contributed by atoms with van der Waals surface area (Å²) in [6.45, 7) is 4.00. The van der Waals surface area contributed by atoms with Crippen molar-refractivity contribution in [3.8, 4) is 0 Å². The highest BCUT2D eigenvalue weighted by Crippen LogP contribution is 2.13. The molecule has 1 aliphatic rings. The first-order chi connectivity index (χ1) is 4.43. The Morgan fingerprint density at radius 2 is 1.67 bits per heavy atom. The van der Waals surface area contributed by atoms with E-state index in [0.717, 1.165) is 18.6 Å². The van der Waals surface area contributed by atoms with Crippen LogP contribution in [0.5, 0.6) is 0 Å². The Morgan fingerprint density at radius 3 is 1.89 bits per heavy atom. The molecule has 0 amide bonds. The fraction of sp³-hybridized carbons (Fsp3) is 0.857. The second-order valence-corrected chi connectivity index (χ2v) is 1.87. The number of nitrogens with zero attached hydrogens (tertiary/aromatic N) is 1. The molecule has 0 aromatic heterocycles. The lowest BCUT2D eigenvalue weighted by Crippen LogP contribution is -1.85. The van der Waals surface area contributed by atoms with E-state index in [-0.39, 0.29) is 0 Å². The van der Waals surface area contributed by atoms with Gasteiger partial charge in [0, 0.05) is 0 Å². The number of hydrogen-bond acceptors (Lipinski definition) is 2. The SMILES string of the molecule is CC.ON=C1CCCC1. The van der Waals surface area contributed by atoms with Crippen molar-refractivity contribution in [1.29, 1.82) is 0 Å². The van der Waals surface area contributed by atoms with E-state index in [1.54, 1.807) is 0 Å². The average Bonchev–Trinajstić information content (AvgIpc) is 2.43. The van der Waals surface area contributed by atoms with Crippen LogP contribution in [-0.4, -0.2) is 10.9 Å². The molecule has 0 aromatic rings. The Hall–Kier alpha value is -0.530. The van der Waals surface area contributed by atoms with Gasteiger partial charge in [-0.05, 0) is 25.7 Å². The molecule has 9 heavy (non-hydrogen) atoms. The lowest BCUT2D eigenvalue weighted by molar-refractivity contribution is 0.317. The summed E-state index contributed by atoms with van der Waals surface area (Å²) in [5, 5.41) is 11.3. The first-order valence-electron chi connectivity index (χ1n) is 3.63. The fourth-order valence-corrected chi connectivity index (χ4v) is 0.883. The zero-order valence-corrected chi connectivity index (χ0v) is 6.22. The van der Waals surface area contributed by atoms with E-state index in [0.29, 0.717) is 0 Å². The summed E-state index contributed by atoms with van der Waals surface area (Å²) in [7, 11) is 0. The summed E-state index contributed by atoms with van der Waals surface area (Å²) >= 11 is 0. The predicted molar refractivity (Wildman–Crippen MR) is 39.0 cm³/mol. The van der Waals surface area contributed by atoms with Gasteiger partial charge >= 0.3 is 0 Å². The average molecular weight is 129 g/mol. The lowest BCUT2D eigenvalue weighted by Gasteiger charge is -1.82. The third-order valence-corrected chi connectivity index (χ3v) is 1.32. The highest BCUT2D eigenvalue weighted by atomic mass is 16.4. The molecule has 2 heteroatoms. The van der Waals surface area contributed by atoms with Crippen molar-refractivity contribution in [3.05, 3.63) is 0 Å². The highest BCUT2D eigenvalue weighted by molar-refractivity contribution is 5.85. The van der Waals surface area contributed by atoms with E-state index < -0.39 is 0 Å². The van der Waals surface area contributed by atoms with Crippen LogP contribution in [0.2, 0.25) is 0 Å². The van der Waals surface area contributed by atoms with Gasteiger partial charge in [0.05, 0.1) is 5.71 Å². The minimum atomic E-state index is 0.972. The summed E-state index contributed by atoms with van der Waals surface area (Å²) in [5.74, 6) is 0. The molecule has 0 unspecified atom stereocenters. The quantitative estimate of drug-likeness (QED) is 0.395. The van der Waals surface area contributed by atoms with Gasteiger partial charge in [0.25, 0.3) is 0 Å². The van der Waals surface area contributed by atoms with Gasteiger partial charge in [-0.15, -0.1) is 0 Å². The van der Waals surface area contributed by atoms with Crippen LogP contribution in [0.3, 0.4) is 0 Å². The van der Waals surface area contributed by atoms with Gasteiger partial charge in [-0.1, -0.05) is 19.0 Å². The largest absolute Gasteiger partial charge is 0.411 e. The molecule has 0 spiro atoms. The second-order valence-electron chi connectivity index (χ2n) is 1.87. The molecular weight excluding hydrogens is 114 g/mol. The molecule has 1 saturated carbocycles. The third-order valence-electron chi connectivity index (χ3n) is 1.32. The van der Waals surface area contributed by atoms with Crippen LogP contribution in [0, 0.1) is 0 Å². The molecule has 0 heterocycles. The maximum atomic E-state index is 8.15. The van der Waals surface area contributed by atoms with Gasteiger partial charge in [0.2, 0.25) is 0 Å². The van der Waals surface area contributed by atoms with Gasteiger partial charge in [-0.25, -0.2) is 0 Å². The maximum absolute atomic E-state index is 8.15. The summed E-state index contributed by atoms with van der Waals surface area (Å²) < 4.78 is 0. The molecule has 2 nitrogen and oxygen atoms in total. The van der Waals surface area contributed by atoms with Gasteiger partial charge < -0.3 is 5.21 Å². The molecule has 1 fully saturated rings. The van der Waals surface area contributed by atoms with Crippen molar-refractivity contribution in [2.24, 2.45) is 5.16 Å².